The van der Waals surface area contributed by atoms with Crippen LogP contribution in [0, 0.1) is 5.92 Å². The van der Waals surface area contributed by atoms with Crippen molar-refractivity contribution in [3.05, 3.63) is 11.1 Å². The number of nitrogens with one attached hydrogen (secondary N) is 2. The lowest BCUT2D eigenvalue weighted by Gasteiger charge is -2.25. The van der Waals surface area contributed by atoms with Crippen molar-refractivity contribution in [3.63, 3.8) is 0 Å². The van der Waals surface area contributed by atoms with Crippen molar-refractivity contribution in [2.75, 3.05) is 31.6 Å². The summed E-state index contributed by atoms with van der Waals surface area (Å²) in [6.45, 7) is 9.26. The van der Waals surface area contributed by atoms with Gasteiger partial charge in [-0.05, 0) is 5.92 Å². The highest BCUT2D eigenvalue weighted by molar-refractivity contribution is 7.13. The molecular weight excluding hydrogens is 316 g/mol. The van der Waals surface area contributed by atoms with Gasteiger partial charge in [-0.2, -0.15) is 0 Å². The predicted octanol–water partition coefficient (Wildman–Crippen LogP) is 1.07. The lowest BCUT2D eigenvalue weighted by atomic mass is 10.0. The van der Waals surface area contributed by atoms with E-state index in [4.69, 9.17) is 4.74 Å². The summed E-state index contributed by atoms with van der Waals surface area (Å²) in [5.41, 5.74) is 0.938. The summed E-state index contributed by atoms with van der Waals surface area (Å²) in [4.78, 5) is 30.3. The molecule has 23 heavy (non-hydrogen) atoms. The fourth-order valence-electron chi connectivity index (χ4n) is 2.36. The Morgan fingerprint density at radius 1 is 1.39 bits per heavy atom. The van der Waals surface area contributed by atoms with Crippen LogP contribution in [-0.2, 0) is 20.9 Å². The lowest BCUT2D eigenvalue weighted by Crippen LogP contribution is -2.46. The summed E-state index contributed by atoms with van der Waals surface area (Å²) in [7, 11) is 0. The van der Waals surface area contributed by atoms with E-state index in [1.165, 1.54) is 18.3 Å². The van der Waals surface area contributed by atoms with Crippen LogP contribution >= 0.6 is 11.3 Å². The summed E-state index contributed by atoms with van der Waals surface area (Å²) in [6, 6.07) is -0.556. The van der Waals surface area contributed by atoms with Gasteiger partial charge >= 0.3 is 0 Å². The van der Waals surface area contributed by atoms with Gasteiger partial charge in [0.25, 0.3) is 0 Å². The molecule has 2 heterocycles. The van der Waals surface area contributed by atoms with Crippen molar-refractivity contribution < 1.29 is 14.3 Å². The lowest BCUT2D eigenvalue weighted by molar-refractivity contribution is -0.126. The van der Waals surface area contributed by atoms with E-state index in [1.54, 1.807) is 0 Å². The van der Waals surface area contributed by atoms with Gasteiger partial charge in [0, 0.05) is 31.9 Å². The highest BCUT2D eigenvalue weighted by Gasteiger charge is 2.24. The van der Waals surface area contributed by atoms with Crippen molar-refractivity contribution in [1.29, 1.82) is 0 Å². The topological polar surface area (TPSA) is 83.6 Å². The second-order valence-electron chi connectivity index (χ2n) is 5.94. The molecule has 1 atom stereocenters. The first-order chi connectivity index (χ1) is 11.0. The Morgan fingerprint density at radius 3 is 2.70 bits per heavy atom. The molecule has 1 aliphatic rings. The zero-order valence-electron chi connectivity index (χ0n) is 13.8. The third-order valence-electron chi connectivity index (χ3n) is 3.58. The molecule has 0 saturated carbocycles. The van der Waals surface area contributed by atoms with Gasteiger partial charge in [0.05, 0.1) is 18.9 Å². The Hall–Kier alpha value is -1.51. The number of hydrogen-bond acceptors (Lipinski definition) is 6. The molecule has 0 radical (unpaired) electrons. The van der Waals surface area contributed by atoms with Crippen LogP contribution in [0.4, 0.5) is 5.13 Å². The number of anilines is 1. The number of morpholine rings is 1. The minimum Gasteiger partial charge on any atom is -0.379 e. The number of hydrogen-bond donors (Lipinski definition) is 2. The first kappa shape index (κ1) is 17.8. The first-order valence-electron chi connectivity index (χ1n) is 7.78. The number of aromatic nitrogens is 1. The van der Waals surface area contributed by atoms with Crippen LogP contribution in [0.3, 0.4) is 0 Å². The number of rotatable bonds is 6. The van der Waals surface area contributed by atoms with Gasteiger partial charge in [-0.1, -0.05) is 13.8 Å². The normalized spacial score (nSPS) is 17.0. The fourth-order valence-corrected chi connectivity index (χ4v) is 3.07. The van der Waals surface area contributed by atoms with Crippen LogP contribution in [0.15, 0.2) is 5.38 Å². The number of nitrogens with zero attached hydrogens (tertiary/aromatic N) is 2. The Bertz CT molecular complexity index is 541. The van der Waals surface area contributed by atoms with Crippen molar-refractivity contribution in [2.45, 2.75) is 33.4 Å². The quantitative estimate of drug-likeness (QED) is 0.809. The summed E-state index contributed by atoms with van der Waals surface area (Å²) in [5, 5.41) is 7.99. The van der Waals surface area contributed by atoms with E-state index in [2.05, 4.69) is 20.5 Å². The molecule has 8 heteroatoms. The predicted molar refractivity (Wildman–Crippen MR) is 89.3 cm³/mol. The maximum absolute atomic E-state index is 12.3. The van der Waals surface area contributed by atoms with Crippen LogP contribution in [0.25, 0.3) is 0 Å². The number of thiazole rings is 1. The Labute approximate surface area is 140 Å². The van der Waals surface area contributed by atoms with Gasteiger partial charge in [-0.25, -0.2) is 4.98 Å². The fraction of sp³-hybridized carbons (Fsp3) is 0.667. The molecule has 1 aromatic rings. The molecule has 1 saturated heterocycles. The Morgan fingerprint density at radius 2 is 2.09 bits per heavy atom. The van der Waals surface area contributed by atoms with Crippen molar-refractivity contribution >= 4 is 28.3 Å². The molecule has 0 spiro atoms. The standard InChI is InChI=1S/C15H24N4O3S/c1-10(2)13(16-11(3)20)14(21)18-15-17-12(9-23-15)8-19-4-6-22-7-5-19/h9-10,13H,4-8H2,1-3H3,(H,16,20)(H,17,18,21)/t13-/m1/s1. The molecule has 0 bridgehead atoms. The number of carbonyl (C=O) groups is 2. The second kappa shape index (κ2) is 8.37. The van der Waals surface area contributed by atoms with Crippen LogP contribution in [0.5, 0.6) is 0 Å². The third-order valence-corrected chi connectivity index (χ3v) is 4.39. The Balaban J connectivity index is 1.91. The first-order valence-corrected chi connectivity index (χ1v) is 8.66. The van der Waals surface area contributed by atoms with Gasteiger partial charge in [0.15, 0.2) is 5.13 Å². The van der Waals surface area contributed by atoms with Crippen molar-refractivity contribution in [1.82, 2.24) is 15.2 Å². The molecule has 1 aromatic heterocycles. The largest absolute Gasteiger partial charge is 0.379 e. The molecule has 0 aliphatic carbocycles. The Kier molecular flexibility index (Phi) is 6.49. The van der Waals surface area contributed by atoms with Crippen LogP contribution < -0.4 is 10.6 Å². The van der Waals surface area contributed by atoms with Crippen LogP contribution in [-0.4, -0.2) is 54.0 Å². The van der Waals surface area contributed by atoms with Gasteiger partial charge in [0.2, 0.25) is 11.8 Å². The van der Waals surface area contributed by atoms with E-state index in [-0.39, 0.29) is 17.7 Å². The van der Waals surface area contributed by atoms with Crippen molar-refractivity contribution in [2.24, 2.45) is 5.92 Å². The maximum Gasteiger partial charge on any atom is 0.248 e. The molecule has 0 aromatic carbocycles. The molecular formula is C15H24N4O3S. The molecule has 2 rings (SSSR count). The number of amides is 2. The number of carbonyl (C=O) groups excluding carboxylic acids is 2. The summed E-state index contributed by atoms with van der Waals surface area (Å²) in [5.74, 6) is -0.444. The number of ether oxygens (including phenoxy) is 1. The SMILES string of the molecule is CC(=O)N[C@@H](C(=O)Nc1nc(CN2CCOCC2)cs1)C(C)C. The summed E-state index contributed by atoms with van der Waals surface area (Å²) >= 11 is 1.40. The van der Waals surface area contributed by atoms with Gasteiger partial charge in [-0.3, -0.25) is 14.5 Å². The summed E-state index contributed by atoms with van der Waals surface area (Å²) < 4.78 is 5.32. The van der Waals surface area contributed by atoms with Crippen LogP contribution in [0.1, 0.15) is 26.5 Å². The molecule has 1 aliphatic heterocycles. The zero-order valence-corrected chi connectivity index (χ0v) is 14.6. The van der Waals surface area contributed by atoms with Crippen LogP contribution in [0.2, 0.25) is 0 Å². The van der Waals surface area contributed by atoms with E-state index in [0.29, 0.717) is 5.13 Å². The van der Waals surface area contributed by atoms with Gasteiger partial charge < -0.3 is 15.4 Å². The van der Waals surface area contributed by atoms with Gasteiger partial charge in [-0.15, -0.1) is 11.3 Å². The van der Waals surface area contributed by atoms with E-state index >= 15 is 0 Å². The molecule has 1 fully saturated rings. The highest BCUT2D eigenvalue weighted by Crippen LogP contribution is 2.18. The summed E-state index contributed by atoms with van der Waals surface area (Å²) in [6.07, 6.45) is 0. The monoisotopic (exact) mass is 340 g/mol. The van der Waals surface area contributed by atoms with E-state index in [1.807, 2.05) is 19.2 Å². The smallest absolute Gasteiger partial charge is 0.248 e. The van der Waals surface area contributed by atoms with E-state index < -0.39 is 6.04 Å². The molecule has 2 amide bonds. The minimum absolute atomic E-state index is 0.00619. The van der Waals surface area contributed by atoms with Gasteiger partial charge in [0.1, 0.15) is 6.04 Å². The average molecular weight is 340 g/mol. The van der Waals surface area contributed by atoms with Crippen molar-refractivity contribution in [3.8, 4) is 0 Å². The minimum atomic E-state index is -0.556. The zero-order chi connectivity index (χ0) is 16.8. The molecule has 0 unspecified atom stereocenters. The molecule has 2 N–H and O–H groups in total. The van der Waals surface area contributed by atoms with E-state index in [9.17, 15) is 9.59 Å². The molecule has 128 valence electrons. The van der Waals surface area contributed by atoms with E-state index in [0.717, 1.165) is 38.5 Å². The maximum atomic E-state index is 12.3. The second-order valence-corrected chi connectivity index (χ2v) is 6.80. The highest BCUT2D eigenvalue weighted by atomic mass is 32.1. The third kappa shape index (κ3) is 5.56. The average Bonchev–Trinajstić information content (AvgIpc) is 2.92. The molecule has 7 nitrogen and oxygen atoms in total.